The highest BCUT2D eigenvalue weighted by Crippen LogP contribution is 2.10. The number of ether oxygens (including phenoxy) is 2. The monoisotopic (exact) mass is 460 g/mol. The topological polar surface area (TPSA) is 18.5 Å². The average Bonchev–Trinajstić information content (AvgIpc) is 2.62. The summed E-state index contributed by atoms with van der Waals surface area (Å²) in [6.45, 7) is 2.55. The zero-order valence-corrected chi connectivity index (χ0v) is 18.4. The molecule has 0 aromatic rings. The summed E-state index contributed by atoms with van der Waals surface area (Å²) >= 11 is 0. The molecule has 0 atom stereocenters. The first-order chi connectivity index (χ1) is 11.9. The summed E-state index contributed by atoms with van der Waals surface area (Å²) in [7, 11) is 1.74. The van der Waals surface area contributed by atoms with Crippen molar-refractivity contribution in [3.05, 3.63) is 23.8 Å². The Balaban J connectivity index is 0.00000576. The van der Waals surface area contributed by atoms with Crippen LogP contribution in [0.5, 0.6) is 0 Å². The maximum absolute atomic E-state index is 5.56. The highest BCUT2D eigenvalue weighted by atomic mass is 127. The van der Waals surface area contributed by atoms with E-state index in [0.29, 0.717) is 0 Å². The molecule has 0 amide bonds. The molecule has 0 saturated carbocycles. The molecular weight excluding hydrogens is 423 g/mol. The summed E-state index contributed by atoms with van der Waals surface area (Å²) in [6.07, 6.45) is 21.5. The molecular formula is C22H37IO2. The van der Waals surface area contributed by atoms with Crippen molar-refractivity contribution in [2.75, 3.05) is 26.9 Å². The Morgan fingerprint density at radius 3 is 2.20 bits per heavy atom. The molecule has 0 bridgehead atoms. The van der Waals surface area contributed by atoms with Crippen molar-refractivity contribution in [1.82, 2.24) is 0 Å². The van der Waals surface area contributed by atoms with E-state index in [-0.39, 0.29) is 24.0 Å². The van der Waals surface area contributed by atoms with Crippen LogP contribution >= 0.6 is 24.0 Å². The van der Waals surface area contributed by atoms with E-state index in [4.69, 9.17) is 9.47 Å². The van der Waals surface area contributed by atoms with Gasteiger partial charge in [-0.2, -0.15) is 0 Å². The van der Waals surface area contributed by atoms with Gasteiger partial charge in [0.25, 0.3) is 0 Å². The van der Waals surface area contributed by atoms with E-state index in [9.17, 15) is 0 Å². The first-order valence-corrected chi connectivity index (χ1v) is 9.86. The second-order valence-corrected chi connectivity index (χ2v) is 6.48. The minimum absolute atomic E-state index is 0. The maximum Gasteiger partial charge on any atom is 0.0487 e. The maximum atomic E-state index is 5.56. The molecule has 0 fully saturated rings. The second kappa shape index (κ2) is 20.0. The fourth-order valence-electron chi connectivity index (χ4n) is 2.76. The summed E-state index contributed by atoms with van der Waals surface area (Å²) < 4.78 is 10.6. The molecule has 0 spiro atoms. The van der Waals surface area contributed by atoms with E-state index < -0.39 is 0 Å². The number of methoxy groups -OCH3 is 1. The van der Waals surface area contributed by atoms with E-state index in [0.717, 1.165) is 39.1 Å². The number of hydrogen-bond donors (Lipinski definition) is 0. The van der Waals surface area contributed by atoms with Gasteiger partial charge in [0.05, 0.1) is 0 Å². The molecule has 144 valence electrons. The number of unbranched alkanes of at least 4 members (excludes halogenated alkanes) is 8. The zero-order chi connectivity index (χ0) is 17.1. The molecule has 1 aliphatic carbocycles. The molecule has 3 heteroatoms. The first kappa shape index (κ1) is 24.7. The third kappa shape index (κ3) is 16.9. The number of allylic oxidation sites excluding steroid dienone is 4. The van der Waals surface area contributed by atoms with Crippen molar-refractivity contribution in [1.29, 1.82) is 0 Å². The van der Waals surface area contributed by atoms with E-state index in [1.165, 1.54) is 63.4 Å². The molecule has 0 unspecified atom stereocenters. The predicted molar refractivity (Wildman–Crippen MR) is 119 cm³/mol. The van der Waals surface area contributed by atoms with Gasteiger partial charge in [-0.1, -0.05) is 68.6 Å². The van der Waals surface area contributed by atoms with Gasteiger partial charge in [0.2, 0.25) is 0 Å². The van der Waals surface area contributed by atoms with Crippen molar-refractivity contribution in [2.45, 2.75) is 77.0 Å². The SMILES string of the molecule is COCCCOCCCCCCCCCCC#CC1=CCCC=C1.I. The van der Waals surface area contributed by atoms with Gasteiger partial charge < -0.3 is 9.47 Å². The molecule has 0 radical (unpaired) electrons. The van der Waals surface area contributed by atoms with Crippen molar-refractivity contribution in [2.24, 2.45) is 0 Å². The first-order valence-electron chi connectivity index (χ1n) is 9.86. The van der Waals surface area contributed by atoms with Gasteiger partial charge in [-0.15, -0.1) is 24.0 Å². The van der Waals surface area contributed by atoms with Gasteiger partial charge in [0.1, 0.15) is 0 Å². The Bertz CT molecular complexity index is 404. The Hall–Kier alpha value is -0.310. The van der Waals surface area contributed by atoms with Crippen molar-refractivity contribution >= 4 is 24.0 Å². The molecule has 0 saturated heterocycles. The summed E-state index contributed by atoms with van der Waals surface area (Å²) in [5, 5.41) is 0. The third-order valence-corrected chi connectivity index (χ3v) is 4.21. The second-order valence-electron chi connectivity index (χ2n) is 6.48. The fourth-order valence-corrected chi connectivity index (χ4v) is 2.76. The van der Waals surface area contributed by atoms with Gasteiger partial charge in [0, 0.05) is 38.9 Å². The van der Waals surface area contributed by atoms with Crippen LogP contribution < -0.4 is 0 Å². The van der Waals surface area contributed by atoms with Crippen LogP contribution in [0.3, 0.4) is 0 Å². The van der Waals surface area contributed by atoms with Crippen LogP contribution in [0.1, 0.15) is 77.0 Å². The summed E-state index contributed by atoms with van der Waals surface area (Å²) in [5.74, 6) is 6.58. The quantitative estimate of drug-likeness (QED) is 0.169. The van der Waals surface area contributed by atoms with Gasteiger partial charge in [-0.3, -0.25) is 0 Å². The molecule has 1 aliphatic rings. The van der Waals surface area contributed by atoms with Crippen LogP contribution in [0.15, 0.2) is 23.8 Å². The van der Waals surface area contributed by atoms with E-state index in [1.54, 1.807) is 7.11 Å². The van der Waals surface area contributed by atoms with Gasteiger partial charge in [-0.25, -0.2) is 0 Å². The van der Waals surface area contributed by atoms with Crippen LogP contribution in [-0.4, -0.2) is 26.9 Å². The Morgan fingerprint density at radius 2 is 1.52 bits per heavy atom. The largest absolute Gasteiger partial charge is 0.385 e. The lowest BCUT2D eigenvalue weighted by molar-refractivity contribution is 0.100. The van der Waals surface area contributed by atoms with E-state index in [2.05, 4.69) is 30.1 Å². The normalized spacial score (nSPS) is 12.9. The minimum atomic E-state index is 0. The molecule has 0 aromatic carbocycles. The summed E-state index contributed by atoms with van der Waals surface area (Å²) in [6, 6.07) is 0. The van der Waals surface area contributed by atoms with Crippen LogP contribution in [0.4, 0.5) is 0 Å². The molecule has 2 nitrogen and oxygen atoms in total. The van der Waals surface area contributed by atoms with Gasteiger partial charge >= 0.3 is 0 Å². The van der Waals surface area contributed by atoms with E-state index in [1.807, 2.05) is 0 Å². The van der Waals surface area contributed by atoms with Crippen LogP contribution in [0.25, 0.3) is 0 Å². The van der Waals surface area contributed by atoms with Crippen LogP contribution in [-0.2, 0) is 9.47 Å². The molecule has 0 heterocycles. The third-order valence-electron chi connectivity index (χ3n) is 4.21. The Morgan fingerprint density at radius 1 is 0.840 bits per heavy atom. The van der Waals surface area contributed by atoms with Gasteiger partial charge in [-0.05, 0) is 32.1 Å². The molecule has 0 aromatic heterocycles. The number of halogens is 1. The summed E-state index contributed by atoms with van der Waals surface area (Å²) in [5.41, 5.74) is 1.21. The lowest BCUT2D eigenvalue weighted by atomic mass is 10.1. The smallest absolute Gasteiger partial charge is 0.0487 e. The lowest BCUT2D eigenvalue weighted by Crippen LogP contribution is -2.00. The molecule has 0 N–H and O–H groups in total. The standard InChI is InChI=1S/C22H36O2.HI/c1-23-19-15-21-24-20-14-9-7-5-3-2-4-6-8-11-16-22-17-12-10-13-18-22;/h12,17-18H,2-10,13-15,19-21H2,1H3;1H. The highest BCUT2D eigenvalue weighted by Gasteiger charge is 1.94. The van der Waals surface area contributed by atoms with Gasteiger partial charge in [0.15, 0.2) is 0 Å². The zero-order valence-electron chi connectivity index (χ0n) is 16.1. The highest BCUT2D eigenvalue weighted by molar-refractivity contribution is 14.0. The van der Waals surface area contributed by atoms with Crippen LogP contribution in [0.2, 0.25) is 0 Å². The Labute approximate surface area is 172 Å². The average molecular weight is 460 g/mol. The fraction of sp³-hybridized carbons (Fsp3) is 0.727. The van der Waals surface area contributed by atoms with Crippen LogP contribution in [0, 0.1) is 11.8 Å². The van der Waals surface area contributed by atoms with E-state index >= 15 is 0 Å². The molecule has 25 heavy (non-hydrogen) atoms. The van der Waals surface area contributed by atoms with Crippen molar-refractivity contribution in [3.8, 4) is 11.8 Å². The molecule has 1 rings (SSSR count). The summed E-state index contributed by atoms with van der Waals surface area (Å²) in [4.78, 5) is 0. The minimum Gasteiger partial charge on any atom is -0.385 e. The van der Waals surface area contributed by atoms with Crippen molar-refractivity contribution in [3.63, 3.8) is 0 Å². The molecule has 0 aliphatic heterocycles. The lowest BCUT2D eigenvalue weighted by Gasteiger charge is -2.04. The predicted octanol–water partition coefficient (Wildman–Crippen LogP) is 6.45. The van der Waals surface area contributed by atoms with Crippen molar-refractivity contribution < 1.29 is 9.47 Å². The Kier molecular flexibility index (Phi) is 19.8. The number of rotatable bonds is 14. The number of hydrogen-bond acceptors (Lipinski definition) is 2.